The molecule has 0 aliphatic rings. The molecule has 0 aliphatic carbocycles. The van der Waals surface area contributed by atoms with Gasteiger partial charge in [-0.1, -0.05) is 31.9 Å². The van der Waals surface area contributed by atoms with Gasteiger partial charge in [-0.2, -0.15) is 0 Å². The summed E-state index contributed by atoms with van der Waals surface area (Å²) in [4.78, 5) is 0. The van der Waals surface area contributed by atoms with E-state index in [-0.39, 0.29) is 0 Å². The fourth-order valence-electron chi connectivity index (χ4n) is 1.15. The van der Waals surface area contributed by atoms with Gasteiger partial charge in [0.1, 0.15) is 0 Å². The van der Waals surface area contributed by atoms with Crippen molar-refractivity contribution in [1.82, 2.24) is 0 Å². The van der Waals surface area contributed by atoms with Crippen LogP contribution in [0.5, 0.6) is 0 Å². The van der Waals surface area contributed by atoms with Crippen LogP contribution in [0, 0.1) is 0 Å². The van der Waals surface area contributed by atoms with Crippen LogP contribution in [0.2, 0.25) is 13.1 Å². The molecule has 0 radical (unpaired) electrons. The van der Waals surface area contributed by atoms with E-state index in [1.54, 1.807) is 0 Å². The lowest BCUT2D eigenvalue weighted by Gasteiger charge is -2.20. The summed E-state index contributed by atoms with van der Waals surface area (Å²) in [6, 6.07) is 0. The van der Waals surface area contributed by atoms with E-state index < -0.39 is 9.04 Å². The highest BCUT2D eigenvalue weighted by Crippen LogP contribution is 2.13. The predicted molar refractivity (Wildman–Crippen MR) is 58.1 cm³/mol. The molecule has 12 heavy (non-hydrogen) atoms. The average Bonchev–Trinajstić information content (AvgIpc) is 1.96. The molecule has 0 bridgehead atoms. The molecule has 0 amide bonds. The second kappa shape index (κ2) is 6.43. The molecule has 0 N–H and O–H groups in total. The van der Waals surface area contributed by atoms with Crippen molar-refractivity contribution < 1.29 is 4.43 Å². The standard InChI is InChI=1S/C10H22OSi/c1-6-7-8-10(9(2)3)11-12(4)5/h10,12H,2,6-8H2,1,3-5H3. The third-order valence-electron chi connectivity index (χ3n) is 1.81. The van der Waals surface area contributed by atoms with Gasteiger partial charge in [0.05, 0.1) is 6.10 Å². The monoisotopic (exact) mass is 186 g/mol. The third kappa shape index (κ3) is 5.55. The first-order chi connectivity index (χ1) is 5.57. The van der Waals surface area contributed by atoms with E-state index in [0.717, 1.165) is 6.42 Å². The van der Waals surface area contributed by atoms with Gasteiger partial charge in [-0.05, 0) is 26.4 Å². The van der Waals surface area contributed by atoms with Crippen LogP contribution in [-0.2, 0) is 4.43 Å². The zero-order valence-corrected chi connectivity index (χ0v) is 10.0. The maximum atomic E-state index is 5.85. The van der Waals surface area contributed by atoms with Crippen molar-refractivity contribution in [1.29, 1.82) is 0 Å². The van der Waals surface area contributed by atoms with Crippen LogP contribution in [0.15, 0.2) is 12.2 Å². The zero-order chi connectivity index (χ0) is 9.56. The minimum absolute atomic E-state index is 0.330. The molecule has 1 unspecified atom stereocenters. The molecule has 72 valence electrons. The van der Waals surface area contributed by atoms with Gasteiger partial charge in [-0.3, -0.25) is 0 Å². The Morgan fingerprint density at radius 1 is 1.50 bits per heavy atom. The largest absolute Gasteiger partial charge is 0.414 e. The summed E-state index contributed by atoms with van der Waals surface area (Å²) in [7, 11) is -0.888. The lowest BCUT2D eigenvalue weighted by molar-refractivity contribution is 0.227. The number of rotatable bonds is 6. The van der Waals surface area contributed by atoms with Crippen LogP contribution in [0.25, 0.3) is 0 Å². The molecule has 0 aliphatic heterocycles. The van der Waals surface area contributed by atoms with Crippen molar-refractivity contribution in [3.05, 3.63) is 12.2 Å². The first-order valence-electron chi connectivity index (χ1n) is 4.88. The van der Waals surface area contributed by atoms with E-state index in [9.17, 15) is 0 Å². The summed E-state index contributed by atoms with van der Waals surface area (Å²) in [6.45, 7) is 12.7. The second-order valence-electron chi connectivity index (χ2n) is 3.66. The van der Waals surface area contributed by atoms with Crippen LogP contribution >= 0.6 is 0 Å². The summed E-state index contributed by atoms with van der Waals surface area (Å²) in [5, 5.41) is 0. The summed E-state index contributed by atoms with van der Waals surface area (Å²) in [6.07, 6.45) is 3.97. The highest BCUT2D eigenvalue weighted by molar-refractivity contribution is 6.48. The van der Waals surface area contributed by atoms with Gasteiger partial charge in [0.25, 0.3) is 0 Å². The lowest BCUT2D eigenvalue weighted by atomic mass is 10.1. The number of hydrogen-bond donors (Lipinski definition) is 0. The van der Waals surface area contributed by atoms with Gasteiger partial charge >= 0.3 is 0 Å². The van der Waals surface area contributed by atoms with Gasteiger partial charge in [0.15, 0.2) is 9.04 Å². The van der Waals surface area contributed by atoms with Gasteiger partial charge < -0.3 is 4.43 Å². The van der Waals surface area contributed by atoms with Crippen LogP contribution in [-0.4, -0.2) is 15.1 Å². The summed E-state index contributed by atoms with van der Waals surface area (Å²) < 4.78 is 5.85. The molecule has 0 aromatic carbocycles. The Morgan fingerprint density at radius 3 is 2.42 bits per heavy atom. The number of hydrogen-bond acceptors (Lipinski definition) is 1. The number of unbranched alkanes of at least 4 members (excludes halogenated alkanes) is 1. The molecule has 1 nitrogen and oxygen atoms in total. The highest BCUT2D eigenvalue weighted by atomic mass is 28.3. The van der Waals surface area contributed by atoms with Crippen LogP contribution < -0.4 is 0 Å². The molecular weight excluding hydrogens is 164 g/mol. The minimum atomic E-state index is -0.888. The van der Waals surface area contributed by atoms with E-state index in [1.807, 2.05) is 0 Å². The first-order valence-corrected chi connectivity index (χ1v) is 7.66. The van der Waals surface area contributed by atoms with E-state index in [2.05, 4.69) is 33.5 Å². The van der Waals surface area contributed by atoms with E-state index in [1.165, 1.54) is 18.4 Å². The second-order valence-corrected chi connectivity index (χ2v) is 6.03. The summed E-state index contributed by atoms with van der Waals surface area (Å²) in [5.41, 5.74) is 1.18. The Hall–Kier alpha value is -0.0831. The molecular formula is C10H22OSi. The maximum Gasteiger partial charge on any atom is 0.171 e. The summed E-state index contributed by atoms with van der Waals surface area (Å²) in [5.74, 6) is 0. The fourth-order valence-corrected chi connectivity index (χ4v) is 2.17. The van der Waals surface area contributed by atoms with Crippen molar-refractivity contribution in [2.45, 2.75) is 52.3 Å². The molecule has 0 heterocycles. The molecule has 0 rings (SSSR count). The zero-order valence-electron chi connectivity index (χ0n) is 8.89. The lowest BCUT2D eigenvalue weighted by Crippen LogP contribution is -2.21. The minimum Gasteiger partial charge on any atom is -0.414 e. The molecule has 0 spiro atoms. The van der Waals surface area contributed by atoms with Crippen molar-refractivity contribution in [2.75, 3.05) is 0 Å². The van der Waals surface area contributed by atoms with Gasteiger partial charge in [-0.25, -0.2) is 0 Å². The molecule has 0 saturated heterocycles. The molecule has 2 heteroatoms. The Labute approximate surface area is 78.5 Å². The highest BCUT2D eigenvalue weighted by Gasteiger charge is 2.10. The third-order valence-corrected chi connectivity index (χ3v) is 2.68. The molecule has 0 aromatic heterocycles. The van der Waals surface area contributed by atoms with Crippen molar-refractivity contribution >= 4 is 9.04 Å². The smallest absolute Gasteiger partial charge is 0.171 e. The van der Waals surface area contributed by atoms with E-state index >= 15 is 0 Å². The Bertz CT molecular complexity index is 132. The van der Waals surface area contributed by atoms with Gasteiger partial charge in [-0.15, -0.1) is 0 Å². The fraction of sp³-hybridized carbons (Fsp3) is 0.800. The Morgan fingerprint density at radius 2 is 2.08 bits per heavy atom. The SMILES string of the molecule is C=C(C)C(CCCC)O[SiH](C)C. The predicted octanol–water partition coefficient (Wildman–Crippen LogP) is 3.12. The Kier molecular flexibility index (Phi) is 6.39. The van der Waals surface area contributed by atoms with Crippen molar-refractivity contribution in [2.24, 2.45) is 0 Å². The quantitative estimate of drug-likeness (QED) is 0.457. The normalized spacial score (nSPS) is 13.4. The van der Waals surface area contributed by atoms with Crippen LogP contribution in [0.1, 0.15) is 33.1 Å². The first kappa shape index (κ1) is 11.9. The average molecular weight is 186 g/mol. The van der Waals surface area contributed by atoms with Crippen molar-refractivity contribution in [3.8, 4) is 0 Å². The summed E-state index contributed by atoms with van der Waals surface area (Å²) >= 11 is 0. The van der Waals surface area contributed by atoms with E-state index in [0.29, 0.717) is 6.10 Å². The van der Waals surface area contributed by atoms with Gasteiger partial charge in [0.2, 0.25) is 0 Å². The van der Waals surface area contributed by atoms with E-state index in [4.69, 9.17) is 4.43 Å². The topological polar surface area (TPSA) is 9.23 Å². The molecule has 1 atom stereocenters. The van der Waals surface area contributed by atoms with Gasteiger partial charge in [0, 0.05) is 0 Å². The maximum absolute atomic E-state index is 5.85. The molecule has 0 aromatic rings. The Balaban J connectivity index is 3.78. The van der Waals surface area contributed by atoms with Crippen molar-refractivity contribution in [3.63, 3.8) is 0 Å². The van der Waals surface area contributed by atoms with Crippen LogP contribution in [0.3, 0.4) is 0 Å². The molecule has 0 saturated carbocycles. The molecule has 0 fully saturated rings. The van der Waals surface area contributed by atoms with Crippen LogP contribution in [0.4, 0.5) is 0 Å².